The summed E-state index contributed by atoms with van der Waals surface area (Å²) in [5, 5.41) is 4.73. The normalized spacial score (nSPS) is 28.2. The fourth-order valence-electron chi connectivity index (χ4n) is 1.74. The molecule has 1 unspecified atom stereocenters. The second-order valence-electron chi connectivity index (χ2n) is 3.69. The van der Waals surface area contributed by atoms with Crippen molar-refractivity contribution in [2.45, 2.75) is 18.9 Å². The van der Waals surface area contributed by atoms with E-state index >= 15 is 0 Å². The standard InChI is InChI=1S/C9H17N3S/c1-12-6-5-11-9(12)13-7-8-3-2-4-10-8/h8,10H,2-7H2,1H3. The van der Waals surface area contributed by atoms with Gasteiger partial charge in [-0.2, -0.15) is 0 Å². The zero-order valence-corrected chi connectivity index (χ0v) is 8.94. The molecule has 0 radical (unpaired) electrons. The molecule has 13 heavy (non-hydrogen) atoms. The van der Waals surface area contributed by atoms with Crippen molar-refractivity contribution in [2.75, 3.05) is 32.4 Å². The number of nitrogens with one attached hydrogen (secondary N) is 1. The number of hydrogen-bond donors (Lipinski definition) is 1. The third-order valence-electron chi connectivity index (χ3n) is 2.59. The smallest absolute Gasteiger partial charge is 0.159 e. The molecule has 0 aromatic rings. The first kappa shape index (κ1) is 9.34. The molecule has 0 aromatic heterocycles. The summed E-state index contributed by atoms with van der Waals surface area (Å²) in [6.07, 6.45) is 2.68. The Kier molecular flexibility index (Phi) is 3.11. The summed E-state index contributed by atoms with van der Waals surface area (Å²) in [4.78, 5) is 6.71. The van der Waals surface area contributed by atoms with E-state index < -0.39 is 0 Å². The van der Waals surface area contributed by atoms with Crippen LogP contribution in [-0.4, -0.2) is 48.5 Å². The van der Waals surface area contributed by atoms with E-state index in [1.165, 1.54) is 30.3 Å². The SMILES string of the molecule is CN1CCN=C1SCC1CCCN1. The molecule has 1 saturated heterocycles. The molecule has 74 valence electrons. The number of hydrogen-bond acceptors (Lipinski definition) is 4. The van der Waals surface area contributed by atoms with E-state index in [1.54, 1.807) is 0 Å². The fraction of sp³-hybridized carbons (Fsp3) is 0.889. The highest BCUT2D eigenvalue weighted by atomic mass is 32.2. The summed E-state index contributed by atoms with van der Waals surface area (Å²) in [5.74, 6) is 1.18. The molecular weight excluding hydrogens is 182 g/mol. The van der Waals surface area contributed by atoms with E-state index in [1.807, 2.05) is 11.8 Å². The van der Waals surface area contributed by atoms with Crippen LogP contribution in [0, 0.1) is 0 Å². The number of likely N-dealkylation sites (N-methyl/N-ethyl adjacent to an activating group) is 1. The van der Waals surface area contributed by atoms with Gasteiger partial charge in [0.05, 0.1) is 6.54 Å². The molecule has 2 aliphatic rings. The lowest BCUT2D eigenvalue weighted by Gasteiger charge is -2.15. The van der Waals surface area contributed by atoms with Gasteiger partial charge < -0.3 is 10.2 Å². The van der Waals surface area contributed by atoms with Gasteiger partial charge in [0.15, 0.2) is 5.17 Å². The molecule has 0 amide bonds. The first-order valence-corrected chi connectivity index (χ1v) is 5.96. The maximum Gasteiger partial charge on any atom is 0.159 e. The van der Waals surface area contributed by atoms with E-state index in [9.17, 15) is 0 Å². The molecule has 1 N–H and O–H groups in total. The van der Waals surface area contributed by atoms with Crippen molar-refractivity contribution in [1.82, 2.24) is 10.2 Å². The number of amidine groups is 1. The third-order valence-corrected chi connectivity index (χ3v) is 3.85. The lowest BCUT2D eigenvalue weighted by atomic mass is 10.3. The molecule has 0 saturated carbocycles. The second-order valence-corrected chi connectivity index (χ2v) is 4.68. The van der Waals surface area contributed by atoms with Crippen LogP contribution in [0.15, 0.2) is 4.99 Å². The maximum atomic E-state index is 4.46. The minimum absolute atomic E-state index is 0.724. The van der Waals surface area contributed by atoms with Crippen LogP contribution < -0.4 is 5.32 Å². The molecule has 2 heterocycles. The summed E-state index contributed by atoms with van der Waals surface area (Å²) in [6.45, 7) is 3.28. The minimum Gasteiger partial charge on any atom is -0.353 e. The van der Waals surface area contributed by atoms with Crippen LogP contribution in [0.5, 0.6) is 0 Å². The largest absolute Gasteiger partial charge is 0.353 e. The molecular formula is C9H17N3S. The summed E-state index contributed by atoms with van der Waals surface area (Å²) in [7, 11) is 2.13. The highest BCUT2D eigenvalue weighted by Crippen LogP contribution is 2.17. The Bertz CT molecular complexity index is 199. The Labute approximate surface area is 84.0 Å². The zero-order chi connectivity index (χ0) is 9.10. The van der Waals surface area contributed by atoms with Gasteiger partial charge in [-0.05, 0) is 19.4 Å². The van der Waals surface area contributed by atoms with Crippen molar-refractivity contribution in [3.8, 4) is 0 Å². The Morgan fingerprint density at radius 2 is 2.62 bits per heavy atom. The van der Waals surface area contributed by atoms with E-state index in [2.05, 4.69) is 22.3 Å². The first-order valence-electron chi connectivity index (χ1n) is 4.98. The maximum absolute atomic E-state index is 4.46. The minimum atomic E-state index is 0.724. The van der Waals surface area contributed by atoms with Crippen LogP contribution in [0.2, 0.25) is 0 Å². The highest BCUT2D eigenvalue weighted by Gasteiger charge is 2.18. The average molecular weight is 199 g/mol. The Balaban J connectivity index is 1.72. The molecule has 2 aliphatic heterocycles. The number of thioether (sulfide) groups is 1. The lowest BCUT2D eigenvalue weighted by molar-refractivity contribution is 0.564. The molecule has 1 atom stereocenters. The summed E-state index contributed by atoms with van der Waals surface area (Å²) in [6, 6.07) is 0.724. The topological polar surface area (TPSA) is 27.6 Å². The first-order chi connectivity index (χ1) is 6.36. The van der Waals surface area contributed by atoms with Crippen LogP contribution in [0.1, 0.15) is 12.8 Å². The molecule has 0 aromatic carbocycles. The van der Waals surface area contributed by atoms with Crippen molar-refractivity contribution in [3.05, 3.63) is 0 Å². The van der Waals surface area contributed by atoms with Gasteiger partial charge in [-0.1, -0.05) is 11.8 Å². The monoisotopic (exact) mass is 199 g/mol. The van der Waals surface area contributed by atoms with Crippen molar-refractivity contribution >= 4 is 16.9 Å². The van der Waals surface area contributed by atoms with Gasteiger partial charge in [0.2, 0.25) is 0 Å². The third kappa shape index (κ3) is 2.38. The zero-order valence-electron chi connectivity index (χ0n) is 8.12. The van der Waals surface area contributed by atoms with Crippen LogP contribution >= 0.6 is 11.8 Å². The molecule has 4 heteroatoms. The van der Waals surface area contributed by atoms with Gasteiger partial charge in [0.1, 0.15) is 0 Å². The van der Waals surface area contributed by atoms with Gasteiger partial charge in [0, 0.05) is 25.4 Å². The molecule has 0 aliphatic carbocycles. The van der Waals surface area contributed by atoms with Gasteiger partial charge >= 0.3 is 0 Å². The van der Waals surface area contributed by atoms with Crippen LogP contribution in [0.3, 0.4) is 0 Å². The van der Waals surface area contributed by atoms with Gasteiger partial charge in [-0.15, -0.1) is 0 Å². The van der Waals surface area contributed by atoms with Gasteiger partial charge in [-0.3, -0.25) is 4.99 Å². The average Bonchev–Trinajstić information content (AvgIpc) is 2.72. The summed E-state index contributed by atoms with van der Waals surface area (Å²) >= 11 is 1.90. The van der Waals surface area contributed by atoms with Crippen LogP contribution in [-0.2, 0) is 0 Å². The Morgan fingerprint density at radius 1 is 1.69 bits per heavy atom. The Morgan fingerprint density at radius 3 is 3.23 bits per heavy atom. The Hall–Kier alpha value is -0.220. The molecule has 3 nitrogen and oxygen atoms in total. The van der Waals surface area contributed by atoms with E-state index in [0.29, 0.717) is 0 Å². The predicted molar refractivity (Wildman–Crippen MR) is 58.4 cm³/mol. The molecule has 2 rings (SSSR count). The van der Waals surface area contributed by atoms with E-state index in [4.69, 9.17) is 0 Å². The highest BCUT2D eigenvalue weighted by molar-refractivity contribution is 8.13. The van der Waals surface area contributed by atoms with Crippen LogP contribution in [0.25, 0.3) is 0 Å². The van der Waals surface area contributed by atoms with E-state index in [-0.39, 0.29) is 0 Å². The summed E-state index contributed by atoms with van der Waals surface area (Å²) in [5.41, 5.74) is 0. The van der Waals surface area contributed by atoms with Crippen molar-refractivity contribution < 1.29 is 0 Å². The van der Waals surface area contributed by atoms with Crippen molar-refractivity contribution in [1.29, 1.82) is 0 Å². The van der Waals surface area contributed by atoms with Crippen molar-refractivity contribution in [2.24, 2.45) is 4.99 Å². The van der Waals surface area contributed by atoms with E-state index in [0.717, 1.165) is 19.1 Å². The molecule has 1 fully saturated rings. The fourth-order valence-corrected chi connectivity index (χ4v) is 2.87. The number of rotatable bonds is 2. The van der Waals surface area contributed by atoms with Crippen molar-refractivity contribution in [3.63, 3.8) is 0 Å². The number of aliphatic imine (C=N–C) groups is 1. The van der Waals surface area contributed by atoms with Crippen LogP contribution in [0.4, 0.5) is 0 Å². The molecule has 0 spiro atoms. The number of nitrogens with zero attached hydrogens (tertiary/aromatic N) is 2. The van der Waals surface area contributed by atoms with Gasteiger partial charge in [-0.25, -0.2) is 0 Å². The summed E-state index contributed by atoms with van der Waals surface area (Å²) < 4.78 is 0. The quantitative estimate of drug-likeness (QED) is 0.712. The molecule has 0 bridgehead atoms. The lowest BCUT2D eigenvalue weighted by Crippen LogP contribution is -2.27. The predicted octanol–water partition coefficient (Wildman–Crippen LogP) is 0.773. The van der Waals surface area contributed by atoms with Gasteiger partial charge in [0.25, 0.3) is 0 Å². The second kappa shape index (κ2) is 4.33.